The standard InChI is InChI=1S/C22H13Br/c23-22-16-20(13-11-18-7-3-1-4-8-18)15-21(17-22)14-12-19-9-5-2-6-10-19/h1-10,15-17H. The van der Waals surface area contributed by atoms with Crippen molar-refractivity contribution in [2.75, 3.05) is 0 Å². The third kappa shape index (κ3) is 4.62. The molecule has 0 aliphatic heterocycles. The van der Waals surface area contributed by atoms with Crippen LogP contribution >= 0.6 is 15.9 Å². The monoisotopic (exact) mass is 356 g/mol. The second-order valence-electron chi connectivity index (χ2n) is 4.96. The quantitative estimate of drug-likeness (QED) is 0.482. The fourth-order valence-electron chi connectivity index (χ4n) is 2.07. The fraction of sp³-hybridized carbons (Fsp3) is 0. The first-order valence-corrected chi connectivity index (χ1v) is 8.04. The summed E-state index contributed by atoms with van der Waals surface area (Å²) in [5.74, 6) is 12.7. The van der Waals surface area contributed by atoms with Crippen LogP contribution in [0.1, 0.15) is 22.3 Å². The molecule has 0 atom stereocenters. The van der Waals surface area contributed by atoms with Gasteiger partial charge in [-0.25, -0.2) is 0 Å². The van der Waals surface area contributed by atoms with Crippen molar-refractivity contribution in [3.63, 3.8) is 0 Å². The normalized spacial score (nSPS) is 9.26. The Morgan fingerprint density at radius 3 is 1.30 bits per heavy atom. The van der Waals surface area contributed by atoms with Gasteiger partial charge in [0.2, 0.25) is 0 Å². The Kier molecular flexibility index (Phi) is 4.95. The van der Waals surface area contributed by atoms with Gasteiger partial charge in [-0.2, -0.15) is 0 Å². The van der Waals surface area contributed by atoms with Crippen molar-refractivity contribution >= 4 is 15.9 Å². The number of hydrogen-bond acceptors (Lipinski definition) is 0. The van der Waals surface area contributed by atoms with Crippen LogP contribution in [0.25, 0.3) is 0 Å². The fourth-order valence-corrected chi connectivity index (χ4v) is 2.56. The van der Waals surface area contributed by atoms with Gasteiger partial charge >= 0.3 is 0 Å². The van der Waals surface area contributed by atoms with Gasteiger partial charge in [0.05, 0.1) is 0 Å². The minimum absolute atomic E-state index is 0.945. The van der Waals surface area contributed by atoms with E-state index in [0.717, 1.165) is 26.7 Å². The van der Waals surface area contributed by atoms with Gasteiger partial charge in [0.1, 0.15) is 0 Å². The molecule has 0 saturated carbocycles. The van der Waals surface area contributed by atoms with Crippen molar-refractivity contribution in [3.8, 4) is 23.7 Å². The highest BCUT2D eigenvalue weighted by Gasteiger charge is 1.95. The molecular weight excluding hydrogens is 344 g/mol. The Morgan fingerprint density at radius 2 is 0.870 bits per heavy atom. The van der Waals surface area contributed by atoms with E-state index in [1.165, 1.54) is 0 Å². The first kappa shape index (κ1) is 15.2. The minimum atomic E-state index is 0.945. The highest BCUT2D eigenvalue weighted by Crippen LogP contribution is 2.15. The number of hydrogen-bond donors (Lipinski definition) is 0. The highest BCUT2D eigenvalue weighted by molar-refractivity contribution is 9.10. The molecule has 0 nitrogen and oxygen atoms in total. The van der Waals surface area contributed by atoms with Gasteiger partial charge in [0.25, 0.3) is 0 Å². The molecule has 0 aliphatic rings. The van der Waals surface area contributed by atoms with Gasteiger partial charge in [-0.15, -0.1) is 0 Å². The predicted molar refractivity (Wildman–Crippen MR) is 99.0 cm³/mol. The Labute approximate surface area is 145 Å². The topological polar surface area (TPSA) is 0 Å². The van der Waals surface area contributed by atoms with Gasteiger partial charge in [-0.05, 0) is 42.5 Å². The van der Waals surface area contributed by atoms with Gasteiger partial charge in [0.15, 0.2) is 0 Å². The third-order valence-electron chi connectivity index (χ3n) is 3.15. The molecule has 3 aromatic carbocycles. The van der Waals surface area contributed by atoms with Gasteiger partial charge in [0, 0.05) is 26.7 Å². The summed E-state index contributed by atoms with van der Waals surface area (Å²) in [6, 6.07) is 25.9. The summed E-state index contributed by atoms with van der Waals surface area (Å²) in [5.41, 5.74) is 3.90. The number of rotatable bonds is 0. The van der Waals surface area contributed by atoms with E-state index in [4.69, 9.17) is 0 Å². The van der Waals surface area contributed by atoms with Crippen LogP contribution in [0, 0.1) is 23.7 Å². The average Bonchev–Trinajstić information content (AvgIpc) is 2.60. The van der Waals surface area contributed by atoms with Crippen LogP contribution < -0.4 is 0 Å². The van der Waals surface area contributed by atoms with E-state index in [9.17, 15) is 0 Å². The molecule has 0 saturated heterocycles. The Hall–Kier alpha value is -2.74. The second kappa shape index (κ2) is 7.50. The number of benzene rings is 3. The molecular formula is C22H13Br. The maximum Gasteiger partial charge on any atom is 0.0272 e. The lowest BCUT2D eigenvalue weighted by atomic mass is 10.1. The maximum absolute atomic E-state index is 3.53. The van der Waals surface area contributed by atoms with E-state index in [0.29, 0.717) is 0 Å². The summed E-state index contributed by atoms with van der Waals surface area (Å²) < 4.78 is 0.981. The summed E-state index contributed by atoms with van der Waals surface area (Å²) in [6.45, 7) is 0. The van der Waals surface area contributed by atoms with E-state index >= 15 is 0 Å². The number of halogens is 1. The lowest BCUT2D eigenvalue weighted by Gasteiger charge is -1.96. The lowest BCUT2D eigenvalue weighted by Crippen LogP contribution is -1.81. The van der Waals surface area contributed by atoms with E-state index in [2.05, 4.69) is 39.6 Å². The van der Waals surface area contributed by atoms with Gasteiger partial charge in [-0.3, -0.25) is 0 Å². The molecule has 0 spiro atoms. The van der Waals surface area contributed by atoms with Crippen LogP contribution in [0.2, 0.25) is 0 Å². The molecule has 0 aliphatic carbocycles. The SMILES string of the molecule is Brc1cc(C#Cc2ccccc2)cc(C#Cc2ccccc2)c1. The van der Waals surface area contributed by atoms with Crippen molar-refractivity contribution in [2.24, 2.45) is 0 Å². The molecule has 0 unspecified atom stereocenters. The lowest BCUT2D eigenvalue weighted by molar-refractivity contribution is 1.55. The summed E-state index contributed by atoms with van der Waals surface area (Å²) >= 11 is 3.53. The average molecular weight is 357 g/mol. The molecule has 0 fully saturated rings. The van der Waals surface area contributed by atoms with E-state index < -0.39 is 0 Å². The van der Waals surface area contributed by atoms with Crippen LogP contribution in [0.5, 0.6) is 0 Å². The zero-order valence-corrected chi connectivity index (χ0v) is 14.0. The molecule has 0 heterocycles. The first-order chi connectivity index (χ1) is 11.3. The molecule has 23 heavy (non-hydrogen) atoms. The third-order valence-corrected chi connectivity index (χ3v) is 3.61. The van der Waals surface area contributed by atoms with E-state index in [1.54, 1.807) is 0 Å². The molecule has 108 valence electrons. The van der Waals surface area contributed by atoms with Crippen LogP contribution in [0.4, 0.5) is 0 Å². The van der Waals surface area contributed by atoms with Gasteiger partial charge in [-0.1, -0.05) is 76.0 Å². The Bertz CT molecular complexity index is 842. The Morgan fingerprint density at radius 1 is 0.478 bits per heavy atom. The summed E-state index contributed by atoms with van der Waals surface area (Å²) in [6.07, 6.45) is 0. The zero-order valence-electron chi connectivity index (χ0n) is 12.4. The van der Waals surface area contributed by atoms with Crippen LogP contribution in [0.15, 0.2) is 83.3 Å². The predicted octanol–water partition coefficient (Wildman–Crippen LogP) is 5.25. The molecule has 0 aromatic heterocycles. The minimum Gasteiger partial charge on any atom is -0.0622 e. The van der Waals surface area contributed by atoms with Crippen LogP contribution in [-0.2, 0) is 0 Å². The van der Waals surface area contributed by atoms with E-state index in [-0.39, 0.29) is 0 Å². The molecule has 0 N–H and O–H groups in total. The molecule has 3 rings (SSSR count). The van der Waals surface area contributed by atoms with Crippen molar-refractivity contribution in [3.05, 3.63) is 106 Å². The van der Waals surface area contributed by atoms with Crippen LogP contribution in [-0.4, -0.2) is 0 Å². The Balaban J connectivity index is 1.89. The first-order valence-electron chi connectivity index (χ1n) is 7.24. The second-order valence-corrected chi connectivity index (χ2v) is 5.88. The molecule has 1 heteroatoms. The van der Waals surface area contributed by atoms with Crippen molar-refractivity contribution in [1.29, 1.82) is 0 Å². The molecule has 0 radical (unpaired) electrons. The van der Waals surface area contributed by atoms with Crippen LogP contribution in [0.3, 0.4) is 0 Å². The zero-order chi connectivity index (χ0) is 15.9. The van der Waals surface area contributed by atoms with E-state index in [1.807, 2.05) is 78.9 Å². The molecule has 0 bridgehead atoms. The highest BCUT2D eigenvalue weighted by atomic mass is 79.9. The smallest absolute Gasteiger partial charge is 0.0272 e. The summed E-state index contributed by atoms with van der Waals surface area (Å²) in [5, 5.41) is 0. The van der Waals surface area contributed by atoms with Crippen molar-refractivity contribution in [1.82, 2.24) is 0 Å². The largest absolute Gasteiger partial charge is 0.0622 e. The molecule has 0 amide bonds. The summed E-state index contributed by atoms with van der Waals surface area (Å²) in [4.78, 5) is 0. The molecule has 3 aromatic rings. The summed E-state index contributed by atoms with van der Waals surface area (Å²) in [7, 11) is 0. The van der Waals surface area contributed by atoms with Gasteiger partial charge < -0.3 is 0 Å². The van der Waals surface area contributed by atoms with Crippen molar-refractivity contribution < 1.29 is 0 Å². The van der Waals surface area contributed by atoms with Crippen molar-refractivity contribution in [2.45, 2.75) is 0 Å². The maximum atomic E-state index is 3.53.